The standard InChI is InChI=1S/C26H29N3O5/c1-3-32-26(31)18-9-11-28(12-10-18)25(30)14-20(19-7-8-22-23(13-19)34-16-33-22)21-15-27-24-6-4-5-17(2)29(21)24/h4-8,13,15,18,20H,3,9-12,14,16H2,1-2H3. The Labute approximate surface area is 198 Å². The SMILES string of the molecule is CCOC(=O)C1CCN(C(=O)CC(c2ccc3c(c2)OCO3)c2cnc3cccc(C)n23)CC1. The van der Waals surface area contributed by atoms with Crippen LogP contribution in [0.1, 0.15) is 49.1 Å². The minimum Gasteiger partial charge on any atom is -0.466 e. The summed E-state index contributed by atoms with van der Waals surface area (Å²) in [4.78, 5) is 32.0. The molecule has 3 aromatic rings. The molecule has 0 bridgehead atoms. The second-order valence-electron chi connectivity index (χ2n) is 8.82. The van der Waals surface area contributed by atoms with E-state index in [1.807, 2.05) is 61.3 Å². The number of fused-ring (bicyclic) bond motifs is 2. The summed E-state index contributed by atoms with van der Waals surface area (Å²) < 4.78 is 18.4. The molecule has 178 valence electrons. The first kappa shape index (κ1) is 22.3. The van der Waals surface area contributed by atoms with Crippen molar-refractivity contribution in [2.75, 3.05) is 26.5 Å². The number of benzene rings is 1. The number of aromatic nitrogens is 2. The fraction of sp³-hybridized carbons (Fsp3) is 0.423. The van der Waals surface area contributed by atoms with E-state index < -0.39 is 0 Å². The summed E-state index contributed by atoms with van der Waals surface area (Å²) in [5.41, 5.74) is 3.84. The van der Waals surface area contributed by atoms with Gasteiger partial charge in [0.2, 0.25) is 12.7 Å². The van der Waals surface area contributed by atoms with Crippen molar-refractivity contribution in [2.24, 2.45) is 5.92 Å². The molecule has 2 aromatic heterocycles. The van der Waals surface area contributed by atoms with E-state index in [2.05, 4.69) is 9.38 Å². The lowest BCUT2D eigenvalue weighted by Gasteiger charge is -2.32. The molecular weight excluding hydrogens is 434 g/mol. The number of hydrogen-bond donors (Lipinski definition) is 0. The molecule has 5 rings (SSSR count). The van der Waals surface area contributed by atoms with Gasteiger partial charge in [0, 0.05) is 37.3 Å². The van der Waals surface area contributed by atoms with Crippen molar-refractivity contribution in [3.05, 3.63) is 59.5 Å². The van der Waals surface area contributed by atoms with Gasteiger partial charge < -0.3 is 23.5 Å². The molecule has 1 amide bonds. The zero-order chi connectivity index (χ0) is 23.7. The van der Waals surface area contributed by atoms with Gasteiger partial charge in [0.25, 0.3) is 0 Å². The monoisotopic (exact) mass is 463 g/mol. The Balaban J connectivity index is 1.42. The smallest absolute Gasteiger partial charge is 0.309 e. The van der Waals surface area contributed by atoms with Gasteiger partial charge >= 0.3 is 5.97 Å². The van der Waals surface area contributed by atoms with Crippen LogP contribution >= 0.6 is 0 Å². The average Bonchev–Trinajstić information content (AvgIpc) is 3.50. The van der Waals surface area contributed by atoms with Crippen LogP contribution in [-0.4, -0.2) is 52.7 Å². The summed E-state index contributed by atoms with van der Waals surface area (Å²) in [6, 6.07) is 11.8. The number of carbonyl (C=O) groups is 2. The van der Waals surface area contributed by atoms with Gasteiger partial charge in [-0.05, 0) is 56.5 Å². The van der Waals surface area contributed by atoms with Gasteiger partial charge in [0.05, 0.1) is 18.2 Å². The molecule has 1 unspecified atom stereocenters. The molecule has 4 heterocycles. The largest absolute Gasteiger partial charge is 0.466 e. The van der Waals surface area contributed by atoms with Crippen molar-refractivity contribution >= 4 is 17.5 Å². The predicted molar refractivity (Wildman–Crippen MR) is 125 cm³/mol. The fourth-order valence-electron chi connectivity index (χ4n) is 4.93. The molecule has 8 heteroatoms. The van der Waals surface area contributed by atoms with Gasteiger partial charge in [-0.15, -0.1) is 0 Å². The van der Waals surface area contributed by atoms with Crippen molar-refractivity contribution in [1.29, 1.82) is 0 Å². The van der Waals surface area contributed by atoms with Crippen molar-refractivity contribution in [3.8, 4) is 11.5 Å². The van der Waals surface area contributed by atoms with E-state index in [4.69, 9.17) is 14.2 Å². The summed E-state index contributed by atoms with van der Waals surface area (Å²) in [7, 11) is 0. The Hall–Kier alpha value is -3.55. The van der Waals surface area contributed by atoms with Crippen molar-refractivity contribution in [3.63, 3.8) is 0 Å². The number of imidazole rings is 1. The number of carbonyl (C=O) groups excluding carboxylic acids is 2. The van der Waals surface area contributed by atoms with Crippen LogP contribution in [0.25, 0.3) is 5.65 Å². The summed E-state index contributed by atoms with van der Waals surface area (Å²) in [6.07, 6.45) is 3.42. The van der Waals surface area contributed by atoms with Crippen LogP contribution in [0, 0.1) is 12.8 Å². The molecule has 1 atom stereocenters. The van der Waals surface area contributed by atoms with Crippen LogP contribution in [-0.2, 0) is 14.3 Å². The summed E-state index contributed by atoms with van der Waals surface area (Å²) in [6.45, 7) is 5.55. The molecule has 1 aromatic carbocycles. The molecule has 2 aliphatic rings. The zero-order valence-electron chi connectivity index (χ0n) is 19.5. The highest BCUT2D eigenvalue weighted by atomic mass is 16.7. The molecule has 0 N–H and O–H groups in total. The number of esters is 1. The van der Waals surface area contributed by atoms with Crippen LogP contribution in [0.4, 0.5) is 0 Å². The minimum absolute atomic E-state index is 0.0634. The highest BCUT2D eigenvalue weighted by molar-refractivity contribution is 5.79. The summed E-state index contributed by atoms with van der Waals surface area (Å²) in [5.74, 6) is 0.971. The highest BCUT2D eigenvalue weighted by Crippen LogP contribution is 2.38. The third kappa shape index (κ3) is 4.20. The first-order valence-corrected chi connectivity index (χ1v) is 11.8. The molecule has 0 saturated carbocycles. The molecule has 34 heavy (non-hydrogen) atoms. The average molecular weight is 464 g/mol. The Morgan fingerprint density at radius 3 is 2.74 bits per heavy atom. The second kappa shape index (κ2) is 9.37. The normalized spacial score (nSPS) is 16.6. The molecule has 2 aliphatic heterocycles. The zero-order valence-corrected chi connectivity index (χ0v) is 19.5. The van der Waals surface area contributed by atoms with Crippen molar-refractivity contribution < 1.29 is 23.8 Å². The number of ether oxygens (including phenoxy) is 3. The number of hydrogen-bond acceptors (Lipinski definition) is 6. The van der Waals surface area contributed by atoms with Crippen molar-refractivity contribution in [2.45, 2.75) is 39.0 Å². The number of rotatable bonds is 6. The van der Waals surface area contributed by atoms with Gasteiger partial charge in [-0.1, -0.05) is 12.1 Å². The maximum absolute atomic E-state index is 13.5. The minimum atomic E-state index is -0.208. The van der Waals surface area contributed by atoms with E-state index in [1.165, 1.54) is 0 Å². The lowest BCUT2D eigenvalue weighted by Crippen LogP contribution is -2.41. The number of aryl methyl sites for hydroxylation is 1. The van der Waals surface area contributed by atoms with Crippen LogP contribution in [0.3, 0.4) is 0 Å². The third-order valence-electron chi connectivity index (χ3n) is 6.75. The fourth-order valence-corrected chi connectivity index (χ4v) is 4.93. The van der Waals surface area contributed by atoms with Crippen molar-refractivity contribution in [1.82, 2.24) is 14.3 Å². The Bertz CT molecular complexity index is 1210. The number of pyridine rings is 1. The number of piperidine rings is 1. The molecular formula is C26H29N3O5. The van der Waals surface area contributed by atoms with Gasteiger partial charge in [-0.3, -0.25) is 9.59 Å². The molecule has 8 nitrogen and oxygen atoms in total. The van der Waals surface area contributed by atoms with E-state index in [0.717, 1.165) is 22.6 Å². The van der Waals surface area contributed by atoms with Gasteiger partial charge in [0.1, 0.15) is 5.65 Å². The molecule has 0 spiro atoms. The first-order valence-electron chi connectivity index (χ1n) is 11.8. The van der Waals surface area contributed by atoms with Gasteiger partial charge in [0.15, 0.2) is 11.5 Å². The molecule has 1 saturated heterocycles. The quantitative estimate of drug-likeness (QED) is 0.519. The molecule has 0 radical (unpaired) electrons. The highest BCUT2D eigenvalue weighted by Gasteiger charge is 2.31. The third-order valence-corrected chi connectivity index (χ3v) is 6.75. The summed E-state index contributed by atoms with van der Waals surface area (Å²) in [5, 5.41) is 0. The lowest BCUT2D eigenvalue weighted by atomic mass is 9.90. The van der Waals surface area contributed by atoms with E-state index in [0.29, 0.717) is 50.5 Å². The topological polar surface area (TPSA) is 82.4 Å². The lowest BCUT2D eigenvalue weighted by molar-refractivity contribution is -0.151. The van der Waals surface area contributed by atoms with Crippen LogP contribution in [0.5, 0.6) is 11.5 Å². The molecule has 1 fully saturated rings. The van der Waals surface area contributed by atoms with E-state index in [-0.39, 0.29) is 30.5 Å². The predicted octanol–water partition coefficient (Wildman–Crippen LogP) is 3.70. The first-order chi connectivity index (χ1) is 16.5. The number of likely N-dealkylation sites (tertiary alicyclic amines) is 1. The Morgan fingerprint density at radius 1 is 1.15 bits per heavy atom. The van der Waals surface area contributed by atoms with Gasteiger partial charge in [-0.25, -0.2) is 4.98 Å². The number of amides is 1. The Kier molecular flexibility index (Phi) is 6.13. The second-order valence-corrected chi connectivity index (χ2v) is 8.82. The van der Waals surface area contributed by atoms with Crippen LogP contribution < -0.4 is 9.47 Å². The number of nitrogens with zero attached hydrogens (tertiary/aromatic N) is 3. The maximum atomic E-state index is 13.5. The van der Waals surface area contributed by atoms with Gasteiger partial charge in [-0.2, -0.15) is 0 Å². The van der Waals surface area contributed by atoms with Crippen LogP contribution in [0.15, 0.2) is 42.6 Å². The van der Waals surface area contributed by atoms with E-state index >= 15 is 0 Å². The summed E-state index contributed by atoms with van der Waals surface area (Å²) >= 11 is 0. The Morgan fingerprint density at radius 2 is 1.94 bits per heavy atom. The maximum Gasteiger partial charge on any atom is 0.309 e. The van der Waals surface area contributed by atoms with E-state index in [9.17, 15) is 9.59 Å². The molecule has 0 aliphatic carbocycles. The van der Waals surface area contributed by atoms with E-state index in [1.54, 1.807) is 0 Å². The van der Waals surface area contributed by atoms with Crippen LogP contribution in [0.2, 0.25) is 0 Å².